The summed E-state index contributed by atoms with van der Waals surface area (Å²) in [4.78, 5) is 4.18. The summed E-state index contributed by atoms with van der Waals surface area (Å²) in [6.45, 7) is 6.23. The van der Waals surface area contributed by atoms with Gasteiger partial charge in [-0.25, -0.2) is 0 Å². The maximum Gasteiger partial charge on any atom is 0.188 e. The van der Waals surface area contributed by atoms with Gasteiger partial charge in [0.25, 0.3) is 0 Å². The van der Waals surface area contributed by atoms with Gasteiger partial charge < -0.3 is 15.5 Å². The van der Waals surface area contributed by atoms with Gasteiger partial charge >= 0.3 is 0 Å². The molecule has 1 saturated heterocycles. The summed E-state index contributed by atoms with van der Waals surface area (Å²) in [5.74, 6) is 0.185. The molecule has 1 heterocycles. The highest BCUT2D eigenvalue weighted by Gasteiger charge is 2.20. The quantitative estimate of drug-likeness (QED) is 0.489. The minimum atomic E-state index is 0.185. The van der Waals surface area contributed by atoms with Crippen LogP contribution in [-0.4, -0.2) is 49.0 Å². The fraction of sp³-hybridized carbons (Fsp3) is 0.900. The third kappa shape index (κ3) is 3.96. The Morgan fingerprint density at radius 1 is 1.36 bits per heavy atom. The molecule has 0 amide bonds. The number of nitrogens with two attached hydrogens (primary N) is 1. The molecule has 0 aromatic rings. The van der Waals surface area contributed by atoms with Crippen LogP contribution in [0.1, 0.15) is 26.7 Å². The minimum absolute atomic E-state index is 0.185. The van der Waals surface area contributed by atoms with Crippen LogP contribution in [-0.2, 0) is 0 Å². The minimum Gasteiger partial charge on any atom is -0.370 e. The van der Waals surface area contributed by atoms with Gasteiger partial charge in [-0.15, -0.1) is 0 Å². The largest absolute Gasteiger partial charge is 0.370 e. The van der Waals surface area contributed by atoms with Crippen LogP contribution >= 0.6 is 0 Å². The van der Waals surface area contributed by atoms with Gasteiger partial charge in [0.15, 0.2) is 5.96 Å². The van der Waals surface area contributed by atoms with Gasteiger partial charge in [-0.05, 0) is 33.0 Å². The van der Waals surface area contributed by atoms with E-state index in [0.717, 1.165) is 25.9 Å². The summed E-state index contributed by atoms with van der Waals surface area (Å²) in [6.07, 6.45) is 2.24. The first-order valence-electron chi connectivity index (χ1n) is 5.36. The van der Waals surface area contributed by atoms with Gasteiger partial charge in [-0.1, -0.05) is 13.8 Å². The molecule has 4 nitrogen and oxygen atoms in total. The van der Waals surface area contributed by atoms with Crippen LogP contribution in [0.25, 0.3) is 0 Å². The first-order chi connectivity index (χ1) is 6.61. The molecule has 1 aliphatic rings. The second-order valence-electron chi connectivity index (χ2n) is 3.53. The Hall–Kier alpha value is -0.770. The molecule has 1 aliphatic heterocycles. The fourth-order valence-corrected chi connectivity index (χ4v) is 1.58. The van der Waals surface area contributed by atoms with Crippen molar-refractivity contribution in [3.05, 3.63) is 0 Å². The number of nitrogens with one attached hydrogen (secondary N) is 1. The molecule has 0 spiro atoms. The van der Waals surface area contributed by atoms with Gasteiger partial charge in [-0.2, -0.15) is 0 Å². The highest BCUT2D eigenvalue weighted by molar-refractivity contribution is 5.74. The van der Waals surface area contributed by atoms with Crippen LogP contribution in [0.4, 0.5) is 0 Å². The fourth-order valence-electron chi connectivity index (χ4n) is 1.58. The van der Waals surface area contributed by atoms with Gasteiger partial charge in [-0.3, -0.25) is 5.41 Å². The maximum atomic E-state index is 7.28. The Bertz CT molecular complexity index is 162. The highest BCUT2D eigenvalue weighted by Crippen LogP contribution is 2.12. The number of piperidine rings is 1. The van der Waals surface area contributed by atoms with Crippen LogP contribution in [0.2, 0.25) is 0 Å². The summed E-state index contributed by atoms with van der Waals surface area (Å²) in [7, 11) is 4.03. The zero-order valence-electron chi connectivity index (χ0n) is 9.88. The van der Waals surface area contributed by atoms with Gasteiger partial charge in [0.1, 0.15) is 0 Å². The third-order valence-electron chi connectivity index (χ3n) is 2.62. The standard InChI is InChI=1S/C8H18N4.C2H6/c1-11-5-3-7(4-6-11)12(2)8(9)10;1-2/h7H,3-6H2,1-2H3,(H3,9,10);1-2H3. The molecule has 0 aliphatic carbocycles. The van der Waals surface area contributed by atoms with Crippen molar-refractivity contribution in [1.29, 1.82) is 5.41 Å². The van der Waals surface area contributed by atoms with E-state index in [1.54, 1.807) is 0 Å². The lowest BCUT2D eigenvalue weighted by Gasteiger charge is -2.35. The van der Waals surface area contributed by atoms with Crippen molar-refractivity contribution in [3.8, 4) is 0 Å². The number of rotatable bonds is 1. The molecule has 0 saturated carbocycles. The lowest BCUT2D eigenvalue weighted by molar-refractivity contribution is 0.191. The van der Waals surface area contributed by atoms with E-state index < -0.39 is 0 Å². The SMILES string of the molecule is CC.CN1CCC(N(C)C(=N)N)CC1. The maximum absolute atomic E-state index is 7.28. The molecule has 3 N–H and O–H groups in total. The predicted octanol–water partition coefficient (Wildman–Crippen LogP) is 0.932. The van der Waals surface area contributed by atoms with Crippen molar-refractivity contribution in [2.24, 2.45) is 5.73 Å². The van der Waals surface area contributed by atoms with Gasteiger partial charge in [0.05, 0.1) is 0 Å². The van der Waals surface area contributed by atoms with Gasteiger partial charge in [0, 0.05) is 13.1 Å². The van der Waals surface area contributed by atoms with E-state index in [1.807, 2.05) is 25.8 Å². The number of hydrogen-bond acceptors (Lipinski definition) is 2. The van der Waals surface area contributed by atoms with Crippen LogP contribution in [0.3, 0.4) is 0 Å². The van der Waals surface area contributed by atoms with Crippen molar-refractivity contribution in [2.75, 3.05) is 27.2 Å². The summed E-state index contributed by atoms with van der Waals surface area (Å²) in [5, 5.41) is 7.28. The first-order valence-corrected chi connectivity index (χ1v) is 5.36. The van der Waals surface area contributed by atoms with Crippen molar-refractivity contribution < 1.29 is 0 Å². The Morgan fingerprint density at radius 3 is 2.14 bits per heavy atom. The second kappa shape index (κ2) is 6.65. The Kier molecular flexibility index (Phi) is 6.28. The average Bonchev–Trinajstić information content (AvgIpc) is 2.21. The molecule has 1 rings (SSSR count). The molecule has 0 bridgehead atoms. The monoisotopic (exact) mass is 200 g/mol. The third-order valence-corrected chi connectivity index (χ3v) is 2.62. The van der Waals surface area contributed by atoms with E-state index in [4.69, 9.17) is 11.1 Å². The van der Waals surface area contributed by atoms with E-state index in [9.17, 15) is 0 Å². The lowest BCUT2D eigenvalue weighted by Crippen LogP contribution is -2.46. The summed E-state index contributed by atoms with van der Waals surface area (Å²) < 4.78 is 0. The van der Waals surface area contributed by atoms with Crippen molar-refractivity contribution in [1.82, 2.24) is 9.80 Å². The molecule has 0 aromatic carbocycles. The molecule has 0 aromatic heterocycles. The molecular weight excluding hydrogens is 176 g/mol. The number of hydrogen-bond donors (Lipinski definition) is 2. The normalized spacial score (nSPS) is 18.3. The van der Waals surface area contributed by atoms with Gasteiger partial charge in [0.2, 0.25) is 0 Å². The zero-order chi connectivity index (χ0) is 11.1. The molecule has 0 radical (unpaired) electrons. The number of likely N-dealkylation sites (tertiary alicyclic amines) is 1. The molecule has 84 valence electrons. The molecule has 0 atom stereocenters. The lowest BCUT2D eigenvalue weighted by atomic mass is 10.0. The van der Waals surface area contributed by atoms with Crippen molar-refractivity contribution in [3.63, 3.8) is 0 Å². The molecular formula is C10H24N4. The predicted molar refractivity (Wildman–Crippen MR) is 61.5 cm³/mol. The highest BCUT2D eigenvalue weighted by atomic mass is 15.2. The van der Waals surface area contributed by atoms with Crippen LogP contribution in [0, 0.1) is 5.41 Å². The van der Waals surface area contributed by atoms with E-state index in [1.165, 1.54) is 0 Å². The topological polar surface area (TPSA) is 56.4 Å². The number of nitrogens with zero attached hydrogens (tertiary/aromatic N) is 2. The molecule has 14 heavy (non-hydrogen) atoms. The van der Waals surface area contributed by atoms with E-state index in [0.29, 0.717) is 6.04 Å². The first kappa shape index (κ1) is 13.2. The van der Waals surface area contributed by atoms with E-state index >= 15 is 0 Å². The summed E-state index contributed by atoms with van der Waals surface area (Å²) in [6, 6.07) is 0.471. The summed E-state index contributed by atoms with van der Waals surface area (Å²) >= 11 is 0. The van der Waals surface area contributed by atoms with Crippen LogP contribution in [0.15, 0.2) is 0 Å². The van der Waals surface area contributed by atoms with E-state index in [-0.39, 0.29) is 5.96 Å². The summed E-state index contributed by atoms with van der Waals surface area (Å²) in [5.41, 5.74) is 5.40. The van der Waals surface area contributed by atoms with E-state index in [2.05, 4.69) is 11.9 Å². The zero-order valence-corrected chi connectivity index (χ0v) is 9.88. The Balaban J connectivity index is 0.000000791. The molecule has 4 heteroatoms. The Labute approximate surface area is 87.6 Å². The van der Waals surface area contributed by atoms with Crippen molar-refractivity contribution in [2.45, 2.75) is 32.7 Å². The number of guanidine groups is 1. The average molecular weight is 200 g/mol. The molecule has 1 fully saturated rings. The molecule has 0 unspecified atom stereocenters. The van der Waals surface area contributed by atoms with Crippen LogP contribution in [0.5, 0.6) is 0 Å². The smallest absolute Gasteiger partial charge is 0.188 e. The van der Waals surface area contributed by atoms with Crippen molar-refractivity contribution >= 4 is 5.96 Å². The Morgan fingerprint density at radius 2 is 1.79 bits per heavy atom. The second-order valence-corrected chi connectivity index (χ2v) is 3.53. The van der Waals surface area contributed by atoms with Crippen LogP contribution < -0.4 is 5.73 Å².